The van der Waals surface area contributed by atoms with Crippen LogP contribution in [0.3, 0.4) is 0 Å². The van der Waals surface area contributed by atoms with E-state index in [9.17, 15) is 0 Å². The van der Waals surface area contributed by atoms with E-state index in [1.165, 1.54) is 99.5 Å². The molecule has 0 bridgehead atoms. The second kappa shape index (κ2) is 10.7. The molecule has 0 unspecified atom stereocenters. The first-order valence-electron chi connectivity index (χ1n) is 17.9. The number of anilines is 2. The van der Waals surface area contributed by atoms with Crippen LogP contribution in [-0.4, -0.2) is 4.57 Å². The van der Waals surface area contributed by atoms with Gasteiger partial charge in [-0.1, -0.05) is 109 Å². The van der Waals surface area contributed by atoms with E-state index in [2.05, 4.69) is 167 Å². The zero-order chi connectivity index (χ0) is 32.8. The summed E-state index contributed by atoms with van der Waals surface area (Å²) in [4.78, 5) is 2.62. The van der Waals surface area contributed by atoms with E-state index >= 15 is 0 Å². The lowest BCUT2D eigenvalue weighted by atomic mass is 9.89. The molecule has 1 heterocycles. The highest BCUT2D eigenvalue weighted by Crippen LogP contribution is 2.54. The zero-order valence-corrected chi connectivity index (χ0v) is 27.7. The Labute approximate surface area is 291 Å². The number of nitrogens with zero attached hydrogens (tertiary/aromatic N) is 2. The van der Waals surface area contributed by atoms with E-state index in [1.54, 1.807) is 0 Å². The van der Waals surface area contributed by atoms with Crippen LogP contribution in [0, 0.1) is 0 Å². The average molecular weight is 639 g/mol. The van der Waals surface area contributed by atoms with Crippen LogP contribution in [0.25, 0.3) is 66.3 Å². The maximum Gasteiger partial charge on any atom is 0.0542 e. The maximum absolute atomic E-state index is 2.62. The van der Waals surface area contributed by atoms with Gasteiger partial charge in [-0.3, -0.25) is 0 Å². The fraction of sp³-hybridized carbons (Fsp3) is 0.0833. The van der Waals surface area contributed by atoms with Crippen molar-refractivity contribution in [3.63, 3.8) is 0 Å². The minimum atomic E-state index is 0.971. The highest BCUT2D eigenvalue weighted by atomic mass is 15.2. The number of aryl methyl sites for hydroxylation is 1. The molecule has 0 atom stereocenters. The molecule has 0 saturated carbocycles. The van der Waals surface area contributed by atoms with Crippen LogP contribution in [0.1, 0.15) is 41.5 Å². The molecule has 0 fully saturated rings. The van der Waals surface area contributed by atoms with Gasteiger partial charge in [0.2, 0.25) is 0 Å². The molecule has 0 radical (unpaired) electrons. The predicted molar refractivity (Wildman–Crippen MR) is 212 cm³/mol. The summed E-state index contributed by atoms with van der Waals surface area (Å²) in [6, 6.07) is 51.9. The highest BCUT2D eigenvalue weighted by Gasteiger charge is 2.34. The third-order valence-electron chi connectivity index (χ3n) is 11.2. The number of hydrogen-bond donors (Lipinski definition) is 0. The Morgan fingerprint density at radius 2 is 1.38 bits per heavy atom. The normalized spacial score (nSPS) is 14.8. The summed E-state index contributed by atoms with van der Waals surface area (Å²) in [5.74, 6) is 0. The van der Waals surface area contributed by atoms with Crippen molar-refractivity contribution in [1.29, 1.82) is 0 Å². The number of rotatable bonds is 4. The molecular weight excluding hydrogens is 605 g/mol. The van der Waals surface area contributed by atoms with Crippen molar-refractivity contribution in [2.75, 3.05) is 4.90 Å². The standard InChI is InChI=1S/C48H34N2/c1-2-17-34(18-3-1)49-43-24-9-8-21-38(43)41-30-35(27-28-44(41)49)50(42-25-11-15-31-13-4-6-19-36(31)42)45-26-12-23-40-47(45)39-22-10-16-33-29-32-14-5-7-20-37(32)48(40)46(33)39/h1-3,5-11,14-25,27-30H,4,12-13,26H2. The summed E-state index contributed by atoms with van der Waals surface area (Å²) in [6.45, 7) is 0. The van der Waals surface area contributed by atoms with Crippen molar-refractivity contribution in [3.8, 4) is 5.69 Å². The van der Waals surface area contributed by atoms with Crippen molar-refractivity contribution in [1.82, 2.24) is 4.57 Å². The van der Waals surface area contributed by atoms with Gasteiger partial charge in [-0.2, -0.15) is 0 Å². The molecule has 50 heavy (non-hydrogen) atoms. The number of benzene rings is 7. The Kier molecular flexibility index (Phi) is 5.94. The van der Waals surface area contributed by atoms with E-state index < -0.39 is 0 Å². The van der Waals surface area contributed by atoms with Crippen LogP contribution in [0.2, 0.25) is 0 Å². The van der Waals surface area contributed by atoms with E-state index in [0.29, 0.717) is 0 Å². The molecule has 0 spiro atoms. The topological polar surface area (TPSA) is 8.17 Å². The molecule has 236 valence electrons. The largest absolute Gasteiger partial charge is 0.313 e. The average Bonchev–Trinajstić information content (AvgIpc) is 3.70. The van der Waals surface area contributed by atoms with E-state index in [1.807, 2.05) is 0 Å². The molecule has 11 rings (SSSR count). The molecule has 0 aliphatic heterocycles. The van der Waals surface area contributed by atoms with Crippen LogP contribution in [0.4, 0.5) is 11.4 Å². The van der Waals surface area contributed by atoms with Crippen LogP contribution in [-0.2, 0) is 6.42 Å². The molecular formula is C48H34N2. The minimum Gasteiger partial charge on any atom is -0.313 e. The van der Waals surface area contributed by atoms with Gasteiger partial charge in [-0.15, -0.1) is 0 Å². The Balaban J connectivity index is 1.22. The van der Waals surface area contributed by atoms with E-state index in [-0.39, 0.29) is 0 Å². The van der Waals surface area contributed by atoms with Crippen molar-refractivity contribution in [2.24, 2.45) is 0 Å². The highest BCUT2D eigenvalue weighted by molar-refractivity contribution is 6.29. The molecule has 7 aromatic carbocycles. The molecule has 8 aromatic rings. The molecule has 0 amide bonds. The van der Waals surface area contributed by atoms with Gasteiger partial charge in [-0.05, 0) is 118 Å². The van der Waals surface area contributed by atoms with Gasteiger partial charge in [0.25, 0.3) is 0 Å². The van der Waals surface area contributed by atoms with Crippen molar-refractivity contribution in [2.45, 2.75) is 25.7 Å². The van der Waals surface area contributed by atoms with Gasteiger partial charge in [0.15, 0.2) is 0 Å². The molecule has 0 saturated heterocycles. The summed E-state index contributed by atoms with van der Waals surface area (Å²) in [7, 11) is 0. The first-order chi connectivity index (χ1) is 24.8. The first kappa shape index (κ1) is 27.8. The Bertz CT molecular complexity index is 2810. The number of hydrogen-bond acceptors (Lipinski definition) is 1. The third-order valence-corrected chi connectivity index (χ3v) is 11.2. The Hall–Kier alpha value is -6.12. The smallest absolute Gasteiger partial charge is 0.0542 e. The van der Waals surface area contributed by atoms with Crippen LogP contribution < -0.4 is 4.90 Å². The minimum absolute atomic E-state index is 0.971. The monoisotopic (exact) mass is 638 g/mol. The summed E-state index contributed by atoms with van der Waals surface area (Å²) < 4.78 is 2.41. The van der Waals surface area contributed by atoms with Crippen molar-refractivity contribution >= 4 is 71.9 Å². The molecule has 3 aliphatic carbocycles. The lowest BCUT2D eigenvalue weighted by Crippen LogP contribution is -2.21. The molecule has 3 aliphatic rings. The Morgan fingerprint density at radius 3 is 2.32 bits per heavy atom. The van der Waals surface area contributed by atoms with Gasteiger partial charge in [-0.25, -0.2) is 0 Å². The predicted octanol–water partition coefficient (Wildman–Crippen LogP) is 12.8. The second-order valence-electron chi connectivity index (χ2n) is 13.9. The fourth-order valence-corrected chi connectivity index (χ4v) is 9.14. The van der Waals surface area contributed by atoms with Crippen LogP contribution >= 0.6 is 0 Å². The lowest BCUT2D eigenvalue weighted by Gasteiger charge is -2.34. The van der Waals surface area contributed by atoms with Crippen molar-refractivity contribution in [3.05, 3.63) is 180 Å². The number of allylic oxidation sites excluding steroid dienone is 5. The summed E-state index contributed by atoms with van der Waals surface area (Å²) >= 11 is 0. The van der Waals surface area contributed by atoms with E-state index in [4.69, 9.17) is 0 Å². The first-order valence-corrected chi connectivity index (χ1v) is 17.9. The maximum atomic E-state index is 2.62. The molecule has 2 heteroatoms. The summed E-state index contributed by atoms with van der Waals surface area (Å²) in [5, 5.41) is 7.91. The van der Waals surface area contributed by atoms with Crippen molar-refractivity contribution < 1.29 is 0 Å². The summed E-state index contributed by atoms with van der Waals surface area (Å²) in [5.41, 5.74) is 15.8. The van der Waals surface area contributed by atoms with Gasteiger partial charge in [0.1, 0.15) is 0 Å². The number of aromatic nitrogens is 1. The summed E-state index contributed by atoms with van der Waals surface area (Å²) in [6.07, 6.45) is 11.4. The zero-order valence-electron chi connectivity index (χ0n) is 27.7. The van der Waals surface area contributed by atoms with Gasteiger partial charge >= 0.3 is 0 Å². The van der Waals surface area contributed by atoms with Crippen LogP contribution in [0.15, 0.2) is 157 Å². The third kappa shape index (κ3) is 3.90. The number of fused-ring (bicyclic) bond motifs is 9. The second-order valence-corrected chi connectivity index (χ2v) is 13.9. The molecule has 1 aromatic heterocycles. The van der Waals surface area contributed by atoms with Gasteiger partial charge in [0, 0.05) is 39.0 Å². The lowest BCUT2D eigenvalue weighted by molar-refractivity contribution is 0.923. The SMILES string of the molecule is C1=Cc2c(cccc2N(C2=C3C(=CCC2)c2c4ccccc4cc4cccc3c24)c2ccc3c(c2)c2ccccc2n3-c2ccccc2)CC1. The molecule has 2 nitrogen and oxygen atoms in total. The number of para-hydroxylation sites is 2. The van der Waals surface area contributed by atoms with Crippen LogP contribution in [0.5, 0.6) is 0 Å². The quantitative estimate of drug-likeness (QED) is 0.174. The Morgan fingerprint density at radius 1 is 0.580 bits per heavy atom. The fourth-order valence-electron chi connectivity index (χ4n) is 9.14. The van der Waals surface area contributed by atoms with Gasteiger partial charge in [0.05, 0.1) is 16.7 Å². The molecule has 0 N–H and O–H groups in total. The van der Waals surface area contributed by atoms with Gasteiger partial charge < -0.3 is 9.47 Å². The van der Waals surface area contributed by atoms with E-state index in [0.717, 1.165) is 25.7 Å².